The van der Waals surface area contributed by atoms with Gasteiger partial charge in [0.1, 0.15) is 0 Å². The zero-order chi connectivity index (χ0) is 13.6. The van der Waals surface area contributed by atoms with Crippen LogP contribution in [-0.2, 0) is 0 Å². The van der Waals surface area contributed by atoms with Crippen LogP contribution in [0.2, 0.25) is 0 Å². The molecule has 0 bridgehead atoms. The second-order valence-corrected chi connectivity index (χ2v) is 5.53. The van der Waals surface area contributed by atoms with Crippen molar-refractivity contribution in [2.75, 3.05) is 11.9 Å². The van der Waals surface area contributed by atoms with Gasteiger partial charge in [0.05, 0.1) is 5.56 Å². The Morgan fingerprint density at radius 2 is 1.89 bits per heavy atom. The SMILES string of the molecule is CCCCNc1ccccc1C(=O)NC(C)(C)C. The molecule has 0 fully saturated rings. The van der Waals surface area contributed by atoms with E-state index >= 15 is 0 Å². The summed E-state index contributed by atoms with van der Waals surface area (Å²) >= 11 is 0. The largest absolute Gasteiger partial charge is 0.384 e. The Bertz CT molecular complexity index is 394. The summed E-state index contributed by atoms with van der Waals surface area (Å²) in [5.74, 6) is -0.0258. The van der Waals surface area contributed by atoms with E-state index in [1.54, 1.807) is 0 Å². The van der Waals surface area contributed by atoms with Crippen LogP contribution in [-0.4, -0.2) is 18.0 Å². The van der Waals surface area contributed by atoms with Crippen molar-refractivity contribution >= 4 is 11.6 Å². The van der Waals surface area contributed by atoms with E-state index in [9.17, 15) is 4.79 Å². The topological polar surface area (TPSA) is 41.1 Å². The van der Waals surface area contributed by atoms with Crippen molar-refractivity contribution in [3.05, 3.63) is 29.8 Å². The smallest absolute Gasteiger partial charge is 0.253 e. The molecule has 1 rings (SSSR count). The lowest BCUT2D eigenvalue weighted by Crippen LogP contribution is -2.40. The van der Waals surface area contributed by atoms with Gasteiger partial charge in [-0.15, -0.1) is 0 Å². The van der Waals surface area contributed by atoms with Gasteiger partial charge in [-0.05, 0) is 39.3 Å². The van der Waals surface area contributed by atoms with E-state index in [4.69, 9.17) is 0 Å². The lowest BCUT2D eigenvalue weighted by molar-refractivity contribution is 0.0920. The summed E-state index contributed by atoms with van der Waals surface area (Å²) in [6, 6.07) is 7.65. The Kier molecular flexibility index (Phi) is 5.20. The second-order valence-electron chi connectivity index (χ2n) is 5.53. The summed E-state index contributed by atoms with van der Waals surface area (Å²) in [6.07, 6.45) is 2.25. The molecule has 0 radical (unpaired) electrons. The molecule has 1 amide bonds. The number of carbonyl (C=O) groups excluding carboxylic acids is 1. The average molecular weight is 248 g/mol. The quantitative estimate of drug-likeness (QED) is 0.784. The maximum atomic E-state index is 12.2. The summed E-state index contributed by atoms with van der Waals surface area (Å²) in [7, 11) is 0. The first-order valence-corrected chi connectivity index (χ1v) is 6.59. The van der Waals surface area contributed by atoms with Crippen molar-refractivity contribution in [1.29, 1.82) is 0 Å². The fraction of sp³-hybridized carbons (Fsp3) is 0.533. The molecule has 18 heavy (non-hydrogen) atoms. The van der Waals surface area contributed by atoms with E-state index in [-0.39, 0.29) is 11.4 Å². The third-order valence-electron chi connectivity index (χ3n) is 2.51. The standard InChI is InChI=1S/C15H24N2O/c1-5-6-11-16-13-10-8-7-9-12(13)14(18)17-15(2,3)4/h7-10,16H,5-6,11H2,1-4H3,(H,17,18). The van der Waals surface area contributed by atoms with Crippen molar-refractivity contribution in [3.8, 4) is 0 Å². The third-order valence-corrected chi connectivity index (χ3v) is 2.51. The summed E-state index contributed by atoms with van der Waals surface area (Å²) in [6.45, 7) is 9.00. The van der Waals surface area contributed by atoms with Crippen LogP contribution in [0.4, 0.5) is 5.69 Å². The van der Waals surface area contributed by atoms with Crippen LogP contribution in [0, 0.1) is 0 Å². The zero-order valence-corrected chi connectivity index (χ0v) is 11.8. The maximum Gasteiger partial charge on any atom is 0.253 e. The minimum absolute atomic E-state index is 0.0258. The molecule has 1 aromatic rings. The number of anilines is 1. The van der Waals surface area contributed by atoms with Gasteiger partial charge in [-0.2, -0.15) is 0 Å². The molecule has 0 heterocycles. The van der Waals surface area contributed by atoms with E-state index in [0.717, 1.165) is 25.1 Å². The number of hydrogen-bond acceptors (Lipinski definition) is 2. The lowest BCUT2D eigenvalue weighted by atomic mass is 10.1. The highest BCUT2D eigenvalue weighted by atomic mass is 16.1. The van der Waals surface area contributed by atoms with Gasteiger partial charge in [0.25, 0.3) is 5.91 Å². The summed E-state index contributed by atoms with van der Waals surface area (Å²) in [5, 5.41) is 6.31. The van der Waals surface area contributed by atoms with E-state index < -0.39 is 0 Å². The van der Waals surface area contributed by atoms with Crippen LogP contribution in [0.3, 0.4) is 0 Å². The molecule has 0 unspecified atom stereocenters. The highest BCUT2D eigenvalue weighted by Gasteiger charge is 2.17. The number of para-hydroxylation sites is 1. The van der Waals surface area contributed by atoms with E-state index in [1.807, 2.05) is 45.0 Å². The molecule has 0 aliphatic heterocycles. The minimum Gasteiger partial charge on any atom is -0.384 e. The van der Waals surface area contributed by atoms with Gasteiger partial charge in [-0.25, -0.2) is 0 Å². The van der Waals surface area contributed by atoms with Crippen molar-refractivity contribution in [2.45, 2.75) is 46.1 Å². The molecule has 0 aliphatic rings. The number of amides is 1. The van der Waals surface area contributed by atoms with Crippen molar-refractivity contribution in [2.24, 2.45) is 0 Å². The Morgan fingerprint density at radius 3 is 2.50 bits per heavy atom. The van der Waals surface area contributed by atoms with Crippen molar-refractivity contribution in [3.63, 3.8) is 0 Å². The Hall–Kier alpha value is -1.51. The molecule has 100 valence electrons. The minimum atomic E-state index is -0.215. The van der Waals surface area contributed by atoms with Crippen LogP contribution < -0.4 is 10.6 Å². The van der Waals surface area contributed by atoms with Gasteiger partial charge in [0, 0.05) is 17.8 Å². The maximum absolute atomic E-state index is 12.2. The van der Waals surface area contributed by atoms with Gasteiger partial charge in [0.15, 0.2) is 0 Å². The Balaban J connectivity index is 2.78. The monoisotopic (exact) mass is 248 g/mol. The van der Waals surface area contributed by atoms with Crippen LogP contribution in [0.25, 0.3) is 0 Å². The van der Waals surface area contributed by atoms with Gasteiger partial charge in [0.2, 0.25) is 0 Å². The van der Waals surface area contributed by atoms with Gasteiger partial charge >= 0.3 is 0 Å². The number of rotatable bonds is 5. The molecule has 0 atom stereocenters. The molecular weight excluding hydrogens is 224 g/mol. The first-order valence-electron chi connectivity index (χ1n) is 6.59. The normalized spacial score (nSPS) is 11.1. The van der Waals surface area contributed by atoms with E-state index in [0.29, 0.717) is 5.56 Å². The predicted molar refractivity (Wildman–Crippen MR) is 77.1 cm³/mol. The van der Waals surface area contributed by atoms with Gasteiger partial charge in [-0.1, -0.05) is 25.5 Å². The molecule has 0 saturated heterocycles. The second kappa shape index (κ2) is 6.43. The fourth-order valence-electron chi connectivity index (χ4n) is 1.64. The number of benzene rings is 1. The number of hydrogen-bond donors (Lipinski definition) is 2. The Morgan fingerprint density at radius 1 is 1.22 bits per heavy atom. The van der Waals surface area contributed by atoms with E-state index in [1.165, 1.54) is 0 Å². The van der Waals surface area contributed by atoms with Crippen LogP contribution in [0.15, 0.2) is 24.3 Å². The molecule has 0 spiro atoms. The lowest BCUT2D eigenvalue weighted by Gasteiger charge is -2.21. The molecule has 1 aromatic carbocycles. The van der Waals surface area contributed by atoms with Crippen LogP contribution >= 0.6 is 0 Å². The predicted octanol–water partition coefficient (Wildman–Crippen LogP) is 3.43. The third kappa shape index (κ3) is 4.78. The molecule has 0 aliphatic carbocycles. The Labute approximate surface area is 110 Å². The number of unbranched alkanes of at least 4 members (excludes halogenated alkanes) is 1. The average Bonchev–Trinajstić information content (AvgIpc) is 2.27. The van der Waals surface area contributed by atoms with Gasteiger partial charge < -0.3 is 10.6 Å². The molecule has 3 nitrogen and oxygen atoms in total. The molecule has 2 N–H and O–H groups in total. The van der Waals surface area contributed by atoms with Crippen LogP contribution in [0.5, 0.6) is 0 Å². The highest BCUT2D eigenvalue weighted by molar-refractivity contribution is 5.99. The number of carbonyl (C=O) groups is 1. The first kappa shape index (κ1) is 14.6. The molecule has 0 aromatic heterocycles. The van der Waals surface area contributed by atoms with Crippen LogP contribution in [0.1, 0.15) is 50.9 Å². The van der Waals surface area contributed by atoms with E-state index in [2.05, 4.69) is 17.6 Å². The van der Waals surface area contributed by atoms with Crippen molar-refractivity contribution in [1.82, 2.24) is 5.32 Å². The molecular formula is C15H24N2O. The first-order chi connectivity index (χ1) is 8.44. The summed E-state index contributed by atoms with van der Waals surface area (Å²) in [4.78, 5) is 12.2. The molecule has 0 saturated carbocycles. The highest BCUT2D eigenvalue weighted by Crippen LogP contribution is 2.16. The zero-order valence-electron chi connectivity index (χ0n) is 11.8. The molecule has 3 heteroatoms. The summed E-state index contributed by atoms with van der Waals surface area (Å²) in [5.41, 5.74) is 1.41. The number of nitrogens with one attached hydrogen (secondary N) is 2. The summed E-state index contributed by atoms with van der Waals surface area (Å²) < 4.78 is 0. The fourth-order valence-corrected chi connectivity index (χ4v) is 1.64. The van der Waals surface area contributed by atoms with Gasteiger partial charge in [-0.3, -0.25) is 4.79 Å². The van der Waals surface area contributed by atoms with Crippen molar-refractivity contribution < 1.29 is 4.79 Å².